The zero-order valence-electron chi connectivity index (χ0n) is 18.5. The van der Waals surface area contributed by atoms with E-state index in [1.165, 1.54) is 30.7 Å². The Kier molecular flexibility index (Phi) is 6.97. The summed E-state index contributed by atoms with van der Waals surface area (Å²) in [6.45, 7) is 1.65. The van der Waals surface area contributed by atoms with Crippen LogP contribution in [-0.2, 0) is 4.79 Å². The highest BCUT2D eigenvalue weighted by Gasteiger charge is 2.46. The minimum atomic E-state index is -2.90. The maximum absolute atomic E-state index is 14.6. The highest BCUT2D eigenvalue weighted by Crippen LogP contribution is 2.40. The molecule has 2 aromatic heterocycles. The average molecular weight is 492 g/mol. The van der Waals surface area contributed by atoms with E-state index in [0.29, 0.717) is 5.56 Å². The highest BCUT2D eigenvalue weighted by atomic mass is 19.3. The Balaban J connectivity index is 1.39. The van der Waals surface area contributed by atoms with Gasteiger partial charge in [-0.2, -0.15) is 4.39 Å². The van der Waals surface area contributed by atoms with Crippen LogP contribution in [0.5, 0.6) is 11.5 Å². The number of likely N-dealkylation sites (tertiary alicyclic amines) is 1. The van der Waals surface area contributed by atoms with Gasteiger partial charge in [0, 0.05) is 31.9 Å². The molecule has 2 unspecified atom stereocenters. The molecule has 6 nitrogen and oxygen atoms in total. The Hall–Kier alpha value is -3.60. The Morgan fingerprint density at radius 2 is 1.86 bits per heavy atom. The number of pyridine rings is 2. The fraction of sp³-hybridized carbons (Fsp3) is 0.292. The second kappa shape index (κ2) is 9.95. The Bertz CT molecular complexity index is 1190. The van der Waals surface area contributed by atoms with Crippen LogP contribution in [0.3, 0.4) is 0 Å². The second-order valence-electron chi connectivity index (χ2n) is 8.16. The Morgan fingerprint density at radius 1 is 1.11 bits per heavy atom. The summed E-state index contributed by atoms with van der Waals surface area (Å²) in [5, 5.41) is 2.60. The summed E-state index contributed by atoms with van der Waals surface area (Å²) in [7, 11) is 0. The third kappa shape index (κ3) is 5.40. The molecule has 1 amide bonds. The standard InChI is InChI=1S/C24H21F5N4O2/c1-14(33-11-8-24(28,29)17(13-33)15-6-9-30-10-7-15)23(34)32-20-5-2-16(12-31-20)35-19-4-3-18(25)21(26)22(19)27/h2-7,9-10,12,14,17H,8,11,13H2,1H3,(H,31,32,34). The van der Waals surface area contributed by atoms with Crippen molar-refractivity contribution >= 4 is 11.7 Å². The summed E-state index contributed by atoms with van der Waals surface area (Å²) in [5.74, 6) is -9.25. The van der Waals surface area contributed by atoms with E-state index in [2.05, 4.69) is 15.3 Å². The van der Waals surface area contributed by atoms with E-state index in [1.807, 2.05) is 0 Å². The number of hydrogen-bond acceptors (Lipinski definition) is 5. The third-order valence-corrected chi connectivity index (χ3v) is 5.91. The lowest BCUT2D eigenvalue weighted by atomic mass is 9.87. The molecule has 0 bridgehead atoms. The van der Waals surface area contributed by atoms with Crippen molar-refractivity contribution in [2.45, 2.75) is 31.2 Å². The van der Waals surface area contributed by atoms with Crippen molar-refractivity contribution in [3.8, 4) is 11.5 Å². The molecule has 1 fully saturated rings. The van der Waals surface area contributed by atoms with Gasteiger partial charge in [-0.05, 0) is 48.9 Å². The van der Waals surface area contributed by atoms with E-state index >= 15 is 0 Å². The number of halogens is 5. The molecular weight excluding hydrogens is 471 g/mol. The van der Waals surface area contributed by atoms with Gasteiger partial charge in [-0.3, -0.25) is 14.7 Å². The summed E-state index contributed by atoms with van der Waals surface area (Å²) in [6.07, 6.45) is 3.70. The van der Waals surface area contributed by atoms with Gasteiger partial charge in [-0.25, -0.2) is 22.5 Å². The van der Waals surface area contributed by atoms with E-state index < -0.39 is 47.0 Å². The molecule has 0 spiro atoms. The van der Waals surface area contributed by atoms with Crippen molar-refractivity contribution in [2.24, 2.45) is 0 Å². The van der Waals surface area contributed by atoms with Crippen molar-refractivity contribution in [1.82, 2.24) is 14.9 Å². The van der Waals surface area contributed by atoms with Gasteiger partial charge in [0.1, 0.15) is 11.6 Å². The molecule has 0 aliphatic carbocycles. The van der Waals surface area contributed by atoms with Crippen LogP contribution in [0.25, 0.3) is 0 Å². The molecule has 3 aromatic rings. The van der Waals surface area contributed by atoms with Crippen LogP contribution in [0.15, 0.2) is 55.0 Å². The average Bonchev–Trinajstić information content (AvgIpc) is 2.85. The molecule has 11 heteroatoms. The first-order chi connectivity index (χ1) is 16.7. The fourth-order valence-corrected chi connectivity index (χ4v) is 3.85. The molecule has 1 aliphatic heterocycles. The van der Waals surface area contributed by atoms with Gasteiger partial charge < -0.3 is 10.1 Å². The number of nitrogens with zero attached hydrogens (tertiary/aromatic N) is 3. The SMILES string of the molecule is CC(C(=O)Nc1ccc(Oc2ccc(F)c(F)c2F)cn1)N1CCC(F)(F)C(c2ccncc2)C1. The Labute approximate surface area is 197 Å². The third-order valence-electron chi connectivity index (χ3n) is 5.91. The first-order valence-corrected chi connectivity index (χ1v) is 10.8. The summed E-state index contributed by atoms with van der Waals surface area (Å²) in [5.41, 5.74) is 0.456. The number of rotatable bonds is 6. The van der Waals surface area contributed by atoms with Crippen molar-refractivity contribution in [3.05, 3.63) is 78.0 Å². The lowest BCUT2D eigenvalue weighted by Crippen LogP contribution is -2.52. The summed E-state index contributed by atoms with van der Waals surface area (Å²) < 4.78 is 74.5. The number of ether oxygens (including phenoxy) is 1. The number of aromatic nitrogens is 2. The van der Waals surface area contributed by atoms with Crippen LogP contribution in [0, 0.1) is 17.5 Å². The first-order valence-electron chi connectivity index (χ1n) is 10.8. The molecule has 1 N–H and O–H groups in total. The zero-order valence-corrected chi connectivity index (χ0v) is 18.5. The number of amides is 1. The van der Waals surface area contributed by atoms with Crippen molar-refractivity contribution in [3.63, 3.8) is 0 Å². The van der Waals surface area contributed by atoms with Crippen LogP contribution < -0.4 is 10.1 Å². The molecule has 1 aromatic carbocycles. The predicted octanol–water partition coefficient (Wildman–Crippen LogP) is 5.14. The number of nitrogens with one attached hydrogen (secondary N) is 1. The van der Waals surface area contributed by atoms with Crippen LogP contribution in [0.4, 0.5) is 27.8 Å². The van der Waals surface area contributed by atoms with Gasteiger partial charge in [-0.1, -0.05) is 0 Å². The van der Waals surface area contributed by atoms with Crippen molar-refractivity contribution < 1.29 is 31.5 Å². The normalized spacial score (nSPS) is 18.6. The van der Waals surface area contributed by atoms with E-state index in [4.69, 9.17) is 4.74 Å². The minimum Gasteiger partial charge on any atom is -0.453 e. The van der Waals surface area contributed by atoms with Crippen LogP contribution in [-0.4, -0.2) is 45.8 Å². The maximum atomic E-state index is 14.6. The second-order valence-corrected chi connectivity index (χ2v) is 8.16. The number of anilines is 1. The topological polar surface area (TPSA) is 67.3 Å². The lowest BCUT2D eigenvalue weighted by molar-refractivity contribution is -0.125. The van der Waals surface area contributed by atoms with E-state index in [9.17, 15) is 26.7 Å². The molecule has 184 valence electrons. The van der Waals surface area contributed by atoms with E-state index in [0.717, 1.165) is 12.1 Å². The van der Waals surface area contributed by atoms with Crippen LogP contribution >= 0.6 is 0 Å². The minimum absolute atomic E-state index is 0.00833. The quantitative estimate of drug-likeness (QED) is 0.382. The molecule has 4 rings (SSSR count). The number of piperidine rings is 1. The molecule has 0 radical (unpaired) electrons. The highest BCUT2D eigenvalue weighted by molar-refractivity contribution is 5.93. The zero-order chi connectivity index (χ0) is 25.2. The molecule has 35 heavy (non-hydrogen) atoms. The number of hydrogen-bond donors (Lipinski definition) is 1. The van der Waals surface area contributed by atoms with Crippen LogP contribution in [0.2, 0.25) is 0 Å². The van der Waals surface area contributed by atoms with Crippen molar-refractivity contribution in [2.75, 3.05) is 18.4 Å². The summed E-state index contributed by atoms with van der Waals surface area (Å²) >= 11 is 0. The van der Waals surface area contributed by atoms with E-state index in [1.54, 1.807) is 24.0 Å². The summed E-state index contributed by atoms with van der Waals surface area (Å²) in [4.78, 5) is 22.3. The van der Waals surface area contributed by atoms with Gasteiger partial charge in [0.2, 0.25) is 11.7 Å². The fourth-order valence-electron chi connectivity index (χ4n) is 3.85. The van der Waals surface area contributed by atoms with Gasteiger partial charge in [0.25, 0.3) is 5.92 Å². The van der Waals surface area contributed by atoms with E-state index in [-0.39, 0.29) is 31.1 Å². The molecular formula is C24H21F5N4O2. The first kappa shape index (κ1) is 24.5. The number of benzene rings is 1. The smallest absolute Gasteiger partial charge is 0.257 e. The van der Waals surface area contributed by atoms with Gasteiger partial charge in [0.15, 0.2) is 17.4 Å². The number of carbonyl (C=O) groups is 1. The summed E-state index contributed by atoms with van der Waals surface area (Å²) in [6, 6.07) is 6.78. The van der Waals surface area contributed by atoms with Gasteiger partial charge >= 0.3 is 0 Å². The number of alkyl halides is 2. The molecule has 2 atom stereocenters. The maximum Gasteiger partial charge on any atom is 0.257 e. The van der Waals surface area contributed by atoms with Gasteiger partial charge in [-0.15, -0.1) is 0 Å². The number of carbonyl (C=O) groups excluding carboxylic acids is 1. The van der Waals surface area contributed by atoms with Gasteiger partial charge in [0.05, 0.1) is 18.2 Å². The predicted molar refractivity (Wildman–Crippen MR) is 117 cm³/mol. The largest absolute Gasteiger partial charge is 0.453 e. The van der Waals surface area contributed by atoms with Crippen LogP contribution in [0.1, 0.15) is 24.8 Å². The Morgan fingerprint density at radius 3 is 2.54 bits per heavy atom. The molecule has 3 heterocycles. The molecule has 1 saturated heterocycles. The molecule has 1 aliphatic rings. The van der Waals surface area contributed by atoms with Crippen molar-refractivity contribution in [1.29, 1.82) is 0 Å². The molecule has 0 saturated carbocycles. The monoisotopic (exact) mass is 492 g/mol. The lowest BCUT2D eigenvalue weighted by Gasteiger charge is -2.40.